The van der Waals surface area contributed by atoms with Gasteiger partial charge in [0.25, 0.3) is 0 Å². The number of benzene rings is 16. The van der Waals surface area contributed by atoms with Gasteiger partial charge in [-0.3, -0.25) is 0 Å². The first kappa shape index (κ1) is 60.8. The number of fused-ring (bicyclic) bond motifs is 16. The maximum absolute atomic E-state index is 5.27. The Labute approximate surface area is 619 Å². The number of aromatic nitrogens is 10. The van der Waals surface area contributed by atoms with Gasteiger partial charge >= 0.3 is 0 Å². The monoisotopic (exact) mass is 1380 g/mol. The maximum atomic E-state index is 5.27. The predicted octanol–water partition coefficient (Wildman–Crippen LogP) is 24.4. The summed E-state index contributed by atoms with van der Waals surface area (Å²) in [7, 11) is 0. The average Bonchev–Trinajstić information content (AvgIpc) is 1.55. The maximum Gasteiger partial charge on any atom is 0.164 e. The highest BCUT2D eigenvalue weighted by Crippen LogP contribution is 2.46. The third-order valence-electron chi connectivity index (χ3n) is 21.6. The van der Waals surface area contributed by atoms with E-state index in [1.54, 1.807) is 0 Å². The number of rotatable bonds is 11. The van der Waals surface area contributed by atoms with Gasteiger partial charge in [0.05, 0.1) is 44.1 Å². The number of hydrogen-bond donors (Lipinski definition) is 0. The van der Waals surface area contributed by atoms with Crippen molar-refractivity contribution in [2.24, 2.45) is 0 Å². The van der Waals surface area contributed by atoms with E-state index in [2.05, 4.69) is 303 Å². The molecule has 6 aromatic heterocycles. The summed E-state index contributed by atoms with van der Waals surface area (Å²) in [5.74, 6) is 3.66. The lowest BCUT2D eigenvalue weighted by Gasteiger charge is -2.13. The van der Waals surface area contributed by atoms with Crippen molar-refractivity contribution in [3.05, 3.63) is 364 Å². The minimum Gasteiger partial charge on any atom is -0.309 e. The average molecular weight is 1380 g/mol. The molecule has 0 aliphatic heterocycles. The molecule has 0 unspecified atom stereocenters. The van der Waals surface area contributed by atoms with E-state index in [0.29, 0.717) is 34.9 Å². The van der Waals surface area contributed by atoms with E-state index < -0.39 is 0 Å². The van der Waals surface area contributed by atoms with Crippen molar-refractivity contribution in [3.63, 3.8) is 0 Å². The minimum atomic E-state index is 0.597. The molecule has 0 amide bonds. The molecule has 22 aromatic rings. The standard InChI is InChI=1S/C98H60N10/c1-4-23-63(24-5-1)93-100-96(102-97(101-93)67-47-49-71(50-48-67)105-81-38-16-12-33-77(81)89-85(105)54-55-87-91(89)79-35-14-18-40-83(79)107(87)73-51-46-61-22-10-11-29-68(61)58-73)66-44-42-62(43-45-66)75-37-21-30-69-59-74(52-53-76(69)75)108-84-41-19-15-36-80(84)92-88(108)57-56-86-90(92)78-34-13-17-39-82(78)106(86)72-32-20-31-70(60-72)98-103-94(64-25-6-2-7-26-64)99-95(104-98)65-27-8-3-9-28-65/h1-60H. The van der Waals surface area contributed by atoms with Crippen LogP contribution < -0.4 is 0 Å². The highest BCUT2D eigenvalue weighted by atomic mass is 15.1. The first-order valence-corrected chi connectivity index (χ1v) is 36.5. The lowest BCUT2D eigenvalue weighted by Crippen LogP contribution is -2.01. The van der Waals surface area contributed by atoms with Gasteiger partial charge in [-0.15, -0.1) is 0 Å². The lowest BCUT2D eigenvalue weighted by molar-refractivity contribution is 1.07. The fourth-order valence-corrected chi connectivity index (χ4v) is 16.8. The van der Waals surface area contributed by atoms with Gasteiger partial charge in [-0.2, -0.15) is 0 Å². The van der Waals surface area contributed by atoms with Crippen molar-refractivity contribution in [3.8, 4) is 102 Å². The van der Waals surface area contributed by atoms with E-state index in [0.717, 1.165) is 111 Å². The van der Waals surface area contributed by atoms with Gasteiger partial charge in [0.2, 0.25) is 0 Å². The lowest BCUT2D eigenvalue weighted by atomic mass is 9.97. The van der Waals surface area contributed by atoms with Crippen molar-refractivity contribution in [1.82, 2.24) is 48.2 Å². The largest absolute Gasteiger partial charge is 0.309 e. The molecule has 22 rings (SSSR count). The van der Waals surface area contributed by atoms with E-state index in [1.165, 1.54) is 64.9 Å². The van der Waals surface area contributed by atoms with E-state index in [9.17, 15) is 0 Å². The summed E-state index contributed by atoms with van der Waals surface area (Å²) in [5.41, 5.74) is 21.1. The molecule has 502 valence electrons. The van der Waals surface area contributed by atoms with Crippen LogP contribution >= 0.6 is 0 Å². The van der Waals surface area contributed by atoms with Gasteiger partial charge in [0.1, 0.15) is 0 Å². The summed E-state index contributed by atoms with van der Waals surface area (Å²) in [5, 5.41) is 14.4. The summed E-state index contributed by atoms with van der Waals surface area (Å²) in [6.45, 7) is 0. The van der Waals surface area contributed by atoms with Gasteiger partial charge in [-0.25, -0.2) is 29.9 Å². The quantitative estimate of drug-likeness (QED) is 0.128. The fraction of sp³-hybridized carbons (Fsp3) is 0. The van der Waals surface area contributed by atoms with Gasteiger partial charge in [-0.05, 0) is 142 Å². The van der Waals surface area contributed by atoms with Crippen LogP contribution in [-0.4, -0.2) is 48.2 Å². The van der Waals surface area contributed by atoms with Gasteiger partial charge in [-0.1, -0.05) is 255 Å². The Balaban J connectivity index is 0.602. The van der Waals surface area contributed by atoms with Crippen molar-refractivity contribution in [2.75, 3.05) is 0 Å². The molecule has 0 atom stereocenters. The van der Waals surface area contributed by atoms with Crippen molar-refractivity contribution in [2.45, 2.75) is 0 Å². The molecule has 6 heterocycles. The van der Waals surface area contributed by atoms with Crippen LogP contribution in [-0.2, 0) is 0 Å². The Kier molecular flexibility index (Phi) is 13.8. The smallest absolute Gasteiger partial charge is 0.164 e. The number of hydrogen-bond acceptors (Lipinski definition) is 6. The molecule has 0 saturated carbocycles. The van der Waals surface area contributed by atoms with Crippen LogP contribution in [0.3, 0.4) is 0 Å². The van der Waals surface area contributed by atoms with Crippen LogP contribution in [0.1, 0.15) is 0 Å². The van der Waals surface area contributed by atoms with Crippen LogP contribution in [0.2, 0.25) is 0 Å². The molecule has 10 heteroatoms. The summed E-state index contributed by atoms with van der Waals surface area (Å²) in [6, 6.07) is 130. The molecule has 0 spiro atoms. The Morgan fingerprint density at radius 2 is 0.463 bits per heavy atom. The molecular formula is C98H60N10. The van der Waals surface area contributed by atoms with Gasteiger partial charge in [0.15, 0.2) is 34.9 Å². The molecule has 0 fully saturated rings. The van der Waals surface area contributed by atoms with E-state index in [-0.39, 0.29) is 0 Å². The summed E-state index contributed by atoms with van der Waals surface area (Å²) >= 11 is 0. The fourth-order valence-electron chi connectivity index (χ4n) is 16.8. The van der Waals surface area contributed by atoms with Crippen LogP contribution in [0.4, 0.5) is 0 Å². The van der Waals surface area contributed by atoms with Crippen molar-refractivity contribution in [1.29, 1.82) is 0 Å². The zero-order chi connectivity index (χ0) is 70.9. The highest BCUT2D eigenvalue weighted by molar-refractivity contribution is 6.30. The topological polar surface area (TPSA) is 97.1 Å². The Hall–Kier alpha value is -14.7. The number of para-hydroxylation sites is 4. The minimum absolute atomic E-state index is 0.597. The highest BCUT2D eigenvalue weighted by Gasteiger charge is 2.25. The molecule has 0 aliphatic carbocycles. The number of nitrogens with zero attached hydrogens (tertiary/aromatic N) is 10. The summed E-state index contributed by atoms with van der Waals surface area (Å²) in [6.07, 6.45) is 0. The zero-order valence-electron chi connectivity index (χ0n) is 58.1. The normalized spacial score (nSPS) is 11.9. The van der Waals surface area contributed by atoms with Gasteiger partial charge in [0, 0.05) is 99.2 Å². The van der Waals surface area contributed by atoms with E-state index in [1.807, 2.05) is 78.9 Å². The second kappa shape index (κ2) is 24.5. The Bertz CT molecular complexity index is 7340. The van der Waals surface area contributed by atoms with Crippen molar-refractivity contribution < 1.29 is 0 Å². The van der Waals surface area contributed by atoms with Crippen LogP contribution in [0, 0.1) is 0 Å². The zero-order valence-corrected chi connectivity index (χ0v) is 58.1. The SMILES string of the molecule is c1ccc(-c2nc(-c3ccc(-c4cccc5cc(-n6c7ccccc7c7c8c9ccccc9n(-c9cccc(-c%10nc(-c%11ccccc%11)nc(-c%11ccccc%11)n%10)c9)c8ccc76)ccc45)cc3)nc(-c3ccc(-n4c5ccccc5c5c6c7ccccc7n(-c7ccc8ccccc8c7)c6ccc54)cc3)n2)cc1. The second-order valence-electron chi connectivity index (χ2n) is 27.7. The molecule has 0 aliphatic rings. The molecule has 0 bridgehead atoms. The molecular weight excluding hydrogens is 1320 g/mol. The molecule has 108 heavy (non-hydrogen) atoms. The molecule has 16 aromatic carbocycles. The first-order chi connectivity index (χ1) is 53.5. The van der Waals surface area contributed by atoms with Crippen LogP contribution in [0.5, 0.6) is 0 Å². The second-order valence-corrected chi connectivity index (χ2v) is 27.7. The van der Waals surface area contributed by atoms with E-state index >= 15 is 0 Å². The van der Waals surface area contributed by atoms with Crippen molar-refractivity contribution >= 4 is 109 Å². The third-order valence-corrected chi connectivity index (χ3v) is 21.6. The molecule has 10 nitrogen and oxygen atoms in total. The summed E-state index contributed by atoms with van der Waals surface area (Å²) in [4.78, 5) is 30.9. The molecule has 0 N–H and O–H groups in total. The molecule has 0 radical (unpaired) electrons. The summed E-state index contributed by atoms with van der Waals surface area (Å²) < 4.78 is 9.65. The predicted molar refractivity (Wildman–Crippen MR) is 444 cm³/mol. The van der Waals surface area contributed by atoms with Crippen LogP contribution in [0.15, 0.2) is 364 Å². The Morgan fingerprint density at radius 1 is 0.157 bits per heavy atom. The first-order valence-electron chi connectivity index (χ1n) is 36.5. The van der Waals surface area contributed by atoms with Gasteiger partial charge < -0.3 is 18.3 Å². The van der Waals surface area contributed by atoms with E-state index in [4.69, 9.17) is 29.9 Å². The molecule has 0 saturated heterocycles. The third kappa shape index (κ3) is 9.74. The Morgan fingerprint density at radius 3 is 0.917 bits per heavy atom. The van der Waals surface area contributed by atoms with Crippen LogP contribution in [0.25, 0.3) is 211 Å².